The van der Waals surface area contributed by atoms with Crippen LogP contribution in [-0.4, -0.2) is 16.6 Å². The molecule has 0 aliphatic heterocycles. The Morgan fingerprint density at radius 2 is 1.56 bits per heavy atom. The van der Waals surface area contributed by atoms with Crippen molar-refractivity contribution in [2.75, 3.05) is 11.1 Å². The van der Waals surface area contributed by atoms with Gasteiger partial charge in [-0.1, -0.05) is 41.4 Å². The highest BCUT2D eigenvalue weighted by Gasteiger charge is 2.08. The second-order valence-corrected chi connectivity index (χ2v) is 7.77. The number of nitrogens with one attached hydrogen (secondary N) is 1. The molecular formula is C21H18Cl2N2OS. The van der Waals surface area contributed by atoms with E-state index in [4.69, 9.17) is 23.2 Å². The summed E-state index contributed by atoms with van der Waals surface area (Å²) in [5, 5.41) is 4.16. The van der Waals surface area contributed by atoms with E-state index in [1.807, 2.05) is 42.5 Å². The van der Waals surface area contributed by atoms with Gasteiger partial charge in [0.05, 0.1) is 5.75 Å². The molecule has 0 radical (unpaired) electrons. The number of carbonyl (C=O) groups is 1. The summed E-state index contributed by atoms with van der Waals surface area (Å²) in [7, 11) is 0. The van der Waals surface area contributed by atoms with Gasteiger partial charge in [0, 0.05) is 33.9 Å². The topological polar surface area (TPSA) is 42.0 Å². The van der Waals surface area contributed by atoms with Crippen LogP contribution in [0.2, 0.25) is 10.0 Å². The molecule has 0 aliphatic carbocycles. The van der Waals surface area contributed by atoms with E-state index in [0.717, 1.165) is 17.7 Å². The van der Waals surface area contributed by atoms with Gasteiger partial charge in [-0.3, -0.25) is 9.78 Å². The average molecular weight is 417 g/mol. The quantitative estimate of drug-likeness (QED) is 0.524. The van der Waals surface area contributed by atoms with Gasteiger partial charge in [0.25, 0.3) is 0 Å². The first kappa shape index (κ1) is 19.7. The first-order valence-corrected chi connectivity index (χ1v) is 10.3. The molecule has 0 saturated heterocycles. The SMILES string of the molecule is O=C(CSCc1c(Cl)cccc1Cl)Nc1ccc(Cc2ccncc2)cc1. The number of nitrogens with zero attached hydrogens (tertiary/aromatic N) is 1. The third-order valence-corrected chi connectivity index (χ3v) is 5.60. The molecule has 0 bridgehead atoms. The van der Waals surface area contributed by atoms with Crippen LogP contribution < -0.4 is 5.32 Å². The summed E-state index contributed by atoms with van der Waals surface area (Å²) in [6.07, 6.45) is 4.42. The molecule has 0 spiro atoms. The Kier molecular flexibility index (Phi) is 7.16. The zero-order valence-electron chi connectivity index (χ0n) is 14.5. The Labute approximate surface area is 173 Å². The van der Waals surface area contributed by atoms with Crippen LogP contribution >= 0.6 is 35.0 Å². The van der Waals surface area contributed by atoms with Crippen molar-refractivity contribution in [3.8, 4) is 0 Å². The Bertz CT molecular complexity index is 882. The minimum absolute atomic E-state index is 0.0509. The third-order valence-electron chi connectivity index (χ3n) is 3.94. The smallest absolute Gasteiger partial charge is 0.234 e. The highest BCUT2D eigenvalue weighted by Crippen LogP contribution is 2.28. The van der Waals surface area contributed by atoms with Gasteiger partial charge in [-0.25, -0.2) is 0 Å². The molecule has 1 amide bonds. The largest absolute Gasteiger partial charge is 0.325 e. The molecule has 1 heterocycles. The molecule has 3 aromatic rings. The number of carbonyl (C=O) groups excluding carboxylic acids is 1. The first-order valence-electron chi connectivity index (χ1n) is 8.40. The monoisotopic (exact) mass is 416 g/mol. The summed E-state index contributed by atoms with van der Waals surface area (Å²) < 4.78 is 0. The van der Waals surface area contributed by atoms with Crippen molar-refractivity contribution in [1.82, 2.24) is 4.98 Å². The van der Waals surface area contributed by atoms with Crippen LogP contribution in [0, 0.1) is 0 Å². The van der Waals surface area contributed by atoms with E-state index in [1.54, 1.807) is 24.5 Å². The fraction of sp³-hybridized carbons (Fsp3) is 0.143. The van der Waals surface area contributed by atoms with E-state index in [0.29, 0.717) is 21.6 Å². The van der Waals surface area contributed by atoms with Gasteiger partial charge < -0.3 is 5.32 Å². The van der Waals surface area contributed by atoms with Crippen molar-refractivity contribution in [1.29, 1.82) is 0 Å². The maximum absolute atomic E-state index is 12.1. The van der Waals surface area contributed by atoms with Crippen molar-refractivity contribution < 1.29 is 4.79 Å². The zero-order valence-corrected chi connectivity index (χ0v) is 16.8. The molecule has 3 rings (SSSR count). The summed E-state index contributed by atoms with van der Waals surface area (Å²) in [6, 6.07) is 17.3. The van der Waals surface area contributed by atoms with Crippen molar-refractivity contribution in [2.45, 2.75) is 12.2 Å². The van der Waals surface area contributed by atoms with Crippen LogP contribution in [0.4, 0.5) is 5.69 Å². The van der Waals surface area contributed by atoms with E-state index in [2.05, 4.69) is 10.3 Å². The van der Waals surface area contributed by atoms with E-state index in [1.165, 1.54) is 22.9 Å². The van der Waals surface area contributed by atoms with Gasteiger partial charge in [0.15, 0.2) is 0 Å². The maximum Gasteiger partial charge on any atom is 0.234 e. The van der Waals surface area contributed by atoms with Gasteiger partial charge in [-0.05, 0) is 59.5 Å². The molecule has 0 atom stereocenters. The standard InChI is InChI=1S/C21H18Cl2N2OS/c22-19-2-1-3-20(23)18(19)13-27-14-21(26)25-17-6-4-15(5-7-17)12-16-8-10-24-11-9-16/h1-11H,12-14H2,(H,25,26). The molecule has 0 saturated carbocycles. The molecule has 0 unspecified atom stereocenters. The Morgan fingerprint density at radius 3 is 2.22 bits per heavy atom. The van der Waals surface area contributed by atoms with E-state index in [9.17, 15) is 4.79 Å². The molecule has 1 N–H and O–H groups in total. The molecule has 27 heavy (non-hydrogen) atoms. The molecule has 3 nitrogen and oxygen atoms in total. The first-order chi connectivity index (χ1) is 13.1. The Balaban J connectivity index is 1.48. The Morgan fingerprint density at radius 1 is 0.926 bits per heavy atom. The number of halogens is 2. The lowest BCUT2D eigenvalue weighted by Gasteiger charge is -2.08. The number of pyridine rings is 1. The number of thioether (sulfide) groups is 1. The van der Waals surface area contributed by atoms with Crippen molar-refractivity contribution >= 4 is 46.6 Å². The zero-order chi connectivity index (χ0) is 19.1. The summed E-state index contributed by atoms with van der Waals surface area (Å²) in [5.41, 5.74) is 4.03. The highest BCUT2D eigenvalue weighted by atomic mass is 35.5. The lowest BCUT2D eigenvalue weighted by atomic mass is 10.1. The number of rotatable bonds is 7. The minimum Gasteiger partial charge on any atom is -0.325 e. The van der Waals surface area contributed by atoms with Crippen LogP contribution in [0.25, 0.3) is 0 Å². The molecule has 2 aromatic carbocycles. The van der Waals surface area contributed by atoms with Crippen molar-refractivity contribution in [3.05, 3.63) is 93.7 Å². The van der Waals surface area contributed by atoms with Crippen LogP contribution in [0.15, 0.2) is 67.0 Å². The lowest BCUT2D eigenvalue weighted by molar-refractivity contribution is -0.113. The molecular weight excluding hydrogens is 399 g/mol. The molecule has 0 fully saturated rings. The van der Waals surface area contributed by atoms with Gasteiger partial charge in [0.2, 0.25) is 5.91 Å². The second-order valence-electron chi connectivity index (χ2n) is 5.97. The minimum atomic E-state index is -0.0509. The number of anilines is 1. The highest BCUT2D eigenvalue weighted by molar-refractivity contribution is 7.99. The van der Waals surface area contributed by atoms with E-state index in [-0.39, 0.29) is 5.91 Å². The molecule has 0 aliphatic rings. The van der Waals surface area contributed by atoms with Crippen molar-refractivity contribution in [2.24, 2.45) is 0 Å². The van der Waals surface area contributed by atoms with Gasteiger partial charge in [-0.2, -0.15) is 0 Å². The van der Waals surface area contributed by atoms with Gasteiger partial charge in [0.1, 0.15) is 0 Å². The number of amides is 1. The summed E-state index contributed by atoms with van der Waals surface area (Å²) in [6.45, 7) is 0. The summed E-state index contributed by atoms with van der Waals surface area (Å²) >= 11 is 13.8. The predicted octanol–water partition coefficient (Wildman–Crippen LogP) is 5.85. The molecule has 1 aromatic heterocycles. The normalized spacial score (nSPS) is 10.6. The maximum atomic E-state index is 12.1. The summed E-state index contributed by atoms with van der Waals surface area (Å²) in [5.74, 6) is 0.877. The van der Waals surface area contributed by atoms with E-state index >= 15 is 0 Å². The lowest BCUT2D eigenvalue weighted by Crippen LogP contribution is -2.14. The summed E-state index contributed by atoms with van der Waals surface area (Å²) in [4.78, 5) is 16.2. The van der Waals surface area contributed by atoms with Gasteiger partial charge >= 0.3 is 0 Å². The van der Waals surface area contributed by atoms with Gasteiger partial charge in [-0.15, -0.1) is 11.8 Å². The fourth-order valence-corrected chi connectivity index (χ4v) is 4.12. The molecule has 138 valence electrons. The van der Waals surface area contributed by atoms with Crippen LogP contribution in [0.5, 0.6) is 0 Å². The fourth-order valence-electron chi connectivity index (χ4n) is 2.56. The van der Waals surface area contributed by atoms with E-state index < -0.39 is 0 Å². The predicted molar refractivity (Wildman–Crippen MR) is 115 cm³/mol. The average Bonchev–Trinajstić information content (AvgIpc) is 2.67. The second kappa shape index (κ2) is 9.79. The van der Waals surface area contributed by atoms with Crippen LogP contribution in [-0.2, 0) is 17.0 Å². The molecule has 6 heteroatoms. The van der Waals surface area contributed by atoms with Crippen LogP contribution in [0.1, 0.15) is 16.7 Å². The number of benzene rings is 2. The number of hydrogen-bond donors (Lipinski definition) is 1. The van der Waals surface area contributed by atoms with Crippen LogP contribution in [0.3, 0.4) is 0 Å². The Hall–Kier alpha value is -2.01. The third kappa shape index (κ3) is 5.99. The van der Waals surface area contributed by atoms with Crippen molar-refractivity contribution in [3.63, 3.8) is 0 Å². The number of hydrogen-bond acceptors (Lipinski definition) is 3. The number of aromatic nitrogens is 1.